The number of carbonyl (C=O) groups excluding carboxylic acids is 1. The van der Waals surface area contributed by atoms with Crippen molar-refractivity contribution in [2.75, 3.05) is 40.0 Å². The van der Waals surface area contributed by atoms with Crippen molar-refractivity contribution in [3.63, 3.8) is 0 Å². The molecule has 0 aromatic carbocycles. The normalized spacial score (nSPS) is 18.9. The largest absolute Gasteiger partial charge is 0.466 e. The molecule has 0 saturated carbocycles. The average molecular weight is 351 g/mol. The molecule has 5 nitrogen and oxygen atoms in total. The van der Waals surface area contributed by atoms with E-state index in [2.05, 4.69) is 17.9 Å². The first-order chi connectivity index (χ1) is 12.0. The van der Waals surface area contributed by atoms with Crippen LogP contribution >= 0.6 is 0 Å². The lowest BCUT2D eigenvalue weighted by atomic mass is 9.75. The van der Waals surface area contributed by atoms with Gasteiger partial charge >= 0.3 is 5.97 Å². The maximum Gasteiger partial charge on any atom is 0.312 e. The van der Waals surface area contributed by atoms with Crippen molar-refractivity contribution in [3.8, 4) is 0 Å². The molecular formula is C20H33NO4. The second-order valence-electron chi connectivity index (χ2n) is 7.22. The summed E-state index contributed by atoms with van der Waals surface area (Å²) in [5, 5.41) is 0. The van der Waals surface area contributed by atoms with Crippen molar-refractivity contribution < 1.29 is 18.7 Å². The van der Waals surface area contributed by atoms with Gasteiger partial charge < -0.3 is 18.8 Å². The fourth-order valence-electron chi connectivity index (χ4n) is 3.58. The number of methoxy groups -OCH3 is 1. The van der Waals surface area contributed by atoms with Crippen LogP contribution in [0.1, 0.15) is 57.0 Å². The van der Waals surface area contributed by atoms with Crippen LogP contribution in [0.25, 0.3) is 0 Å². The Labute approximate surface area is 151 Å². The van der Waals surface area contributed by atoms with Crippen molar-refractivity contribution in [2.24, 2.45) is 5.41 Å². The van der Waals surface area contributed by atoms with Crippen LogP contribution in [0.5, 0.6) is 0 Å². The summed E-state index contributed by atoms with van der Waals surface area (Å²) in [6, 6.07) is 4.10. The van der Waals surface area contributed by atoms with Crippen LogP contribution in [0, 0.1) is 12.3 Å². The van der Waals surface area contributed by atoms with Crippen molar-refractivity contribution in [1.82, 2.24) is 4.90 Å². The van der Waals surface area contributed by atoms with E-state index in [0.717, 1.165) is 56.8 Å². The number of hydrogen-bond acceptors (Lipinski definition) is 5. The Morgan fingerprint density at radius 3 is 2.64 bits per heavy atom. The molecule has 0 N–H and O–H groups in total. The van der Waals surface area contributed by atoms with Crippen molar-refractivity contribution in [2.45, 2.75) is 52.4 Å². The third-order valence-corrected chi connectivity index (χ3v) is 5.43. The van der Waals surface area contributed by atoms with E-state index < -0.39 is 0 Å². The number of carbonyl (C=O) groups is 1. The number of furan rings is 1. The second kappa shape index (κ2) is 9.39. The average Bonchev–Trinajstić information content (AvgIpc) is 3.05. The van der Waals surface area contributed by atoms with E-state index in [1.807, 2.05) is 19.9 Å². The van der Waals surface area contributed by atoms with Gasteiger partial charge in [-0.05, 0) is 71.3 Å². The number of esters is 1. The lowest BCUT2D eigenvalue weighted by Gasteiger charge is -2.40. The first-order valence-corrected chi connectivity index (χ1v) is 9.45. The zero-order valence-corrected chi connectivity index (χ0v) is 16.2. The van der Waals surface area contributed by atoms with Gasteiger partial charge in [0.2, 0.25) is 0 Å². The van der Waals surface area contributed by atoms with Gasteiger partial charge in [0.25, 0.3) is 0 Å². The molecule has 2 rings (SSSR count). The monoisotopic (exact) mass is 351 g/mol. The molecule has 5 heteroatoms. The maximum atomic E-state index is 12.5. The van der Waals surface area contributed by atoms with Gasteiger partial charge in [-0.1, -0.05) is 6.92 Å². The molecule has 1 fully saturated rings. The maximum absolute atomic E-state index is 12.5. The molecule has 0 bridgehead atoms. The summed E-state index contributed by atoms with van der Waals surface area (Å²) in [6.07, 6.45) is 3.52. The van der Waals surface area contributed by atoms with Crippen LogP contribution in [-0.4, -0.2) is 50.8 Å². The highest BCUT2D eigenvalue weighted by atomic mass is 16.5. The molecule has 0 aliphatic carbocycles. The number of nitrogens with zero attached hydrogens (tertiary/aromatic N) is 1. The highest BCUT2D eigenvalue weighted by Crippen LogP contribution is 2.37. The van der Waals surface area contributed by atoms with Gasteiger partial charge in [-0.25, -0.2) is 0 Å². The molecule has 1 saturated heterocycles. The van der Waals surface area contributed by atoms with Crippen molar-refractivity contribution in [1.29, 1.82) is 0 Å². The van der Waals surface area contributed by atoms with E-state index in [1.165, 1.54) is 0 Å². The Morgan fingerprint density at radius 2 is 2.08 bits per heavy atom. The third-order valence-electron chi connectivity index (χ3n) is 5.43. The molecule has 1 atom stereocenters. The summed E-state index contributed by atoms with van der Waals surface area (Å²) in [6.45, 7) is 10.0. The molecule has 142 valence electrons. The fourth-order valence-corrected chi connectivity index (χ4v) is 3.58. The number of piperidine rings is 1. The van der Waals surface area contributed by atoms with Gasteiger partial charge in [-0.15, -0.1) is 0 Å². The van der Waals surface area contributed by atoms with Crippen LogP contribution < -0.4 is 0 Å². The zero-order valence-electron chi connectivity index (χ0n) is 16.2. The molecule has 1 aliphatic heterocycles. The van der Waals surface area contributed by atoms with Crippen LogP contribution in [-0.2, 0) is 14.3 Å². The molecular weight excluding hydrogens is 318 g/mol. The van der Waals surface area contributed by atoms with E-state index in [4.69, 9.17) is 13.9 Å². The van der Waals surface area contributed by atoms with Gasteiger partial charge in [-0.2, -0.15) is 0 Å². The number of aryl methyl sites for hydroxylation is 1. The molecule has 2 heterocycles. The summed E-state index contributed by atoms with van der Waals surface area (Å²) in [5.74, 6) is 2.40. The van der Waals surface area contributed by atoms with E-state index in [-0.39, 0.29) is 11.4 Å². The number of ether oxygens (including phenoxy) is 2. The van der Waals surface area contributed by atoms with E-state index >= 15 is 0 Å². The predicted octanol–water partition coefficient (Wildman–Crippen LogP) is 3.76. The summed E-state index contributed by atoms with van der Waals surface area (Å²) in [7, 11) is 1.69. The van der Waals surface area contributed by atoms with Gasteiger partial charge in [0, 0.05) is 19.6 Å². The van der Waals surface area contributed by atoms with Gasteiger partial charge in [0.05, 0.1) is 12.0 Å². The van der Waals surface area contributed by atoms with E-state index in [1.54, 1.807) is 7.11 Å². The zero-order chi connectivity index (χ0) is 18.3. The lowest BCUT2D eigenvalue weighted by Crippen LogP contribution is -2.46. The highest BCUT2D eigenvalue weighted by molar-refractivity contribution is 5.77. The molecule has 1 aromatic heterocycles. The molecule has 25 heavy (non-hydrogen) atoms. The number of likely N-dealkylation sites (tertiary alicyclic amines) is 1. The minimum atomic E-state index is -0.369. The van der Waals surface area contributed by atoms with Gasteiger partial charge in [-0.3, -0.25) is 4.79 Å². The Bertz CT molecular complexity index is 532. The third kappa shape index (κ3) is 5.32. The number of hydrogen-bond donors (Lipinski definition) is 0. The summed E-state index contributed by atoms with van der Waals surface area (Å²) in [5.41, 5.74) is -0.369. The molecule has 0 amide bonds. The van der Waals surface area contributed by atoms with Crippen LogP contribution in [0.3, 0.4) is 0 Å². The summed E-state index contributed by atoms with van der Waals surface area (Å²) < 4.78 is 16.3. The van der Waals surface area contributed by atoms with Crippen LogP contribution in [0.2, 0.25) is 0 Å². The summed E-state index contributed by atoms with van der Waals surface area (Å²) >= 11 is 0. The van der Waals surface area contributed by atoms with Crippen LogP contribution in [0.15, 0.2) is 16.5 Å². The SMILES string of the molecule is CCOC(=O)C1(CCOC)CCN(CC[C@H](C)c2ccc(C)o2)CC1. The van der Waals surface area contributed by atoms with E-state index in [9.17, 15) is 4.79 Å². The van der Waals surface area contributed by atoms with Crippen molar-refractivity contribution >= 4 is 5.97 Å². The molecule has 1 aliphatic rings. The Hall–Kier alpha value is -1.33. The molecule has 0 spiro atoms. The minimum Gasteiger partial charge on any atom is -0.466 e. The minimum absolute atomic E-state index is 0.0499. The predicted molar refractivity (Wildman–Crippen MR) is 97.7 cm³/mol. The Kier molecular flexibility index (Phi) is 7.51. The van der Waals surface area contributed by atoms with Crippen molar-refractivity contribution in [3.05, 3.63) is 23.7 Å². The van der Waals surface area contributed by atoms with E-state index in [0.29, 0.717) is 19.1 Å². The number of rotatable bonds is 9. The Morgan fingerprint density at radius 1 is 1.36 bits per heavy atom. The first-order valence-electron chi connectivity index (χ1n) is 9.45. The molecule has 1 aromatic rings. The van der Waals surface area contributed by atoms with Gasteiger partial charge in [0.1, 0.15) is 11.5 Å². The fraction of sp³-hybridized carbons (Fsp3) is 0.750. The van der Waals surface area contributed by atoms with Crippen LogP contribution in [0.4, 0.5) is 0 Å². The first kappa shape index (κ1) is 20.0. The topological polar surface area (TPSA) is 51.9 Å². The standard InChI is InChI=1S/C20H33NO4/c1-5-24-19(22)20(11-15-23-4)9-13-21(14-10-20)12-8-16(2)18-7-6-17(3)25-18/h6-7,16H,5,8-15H2,1-4H3/t16-/m0/s1. The van der Waals surface area contributed by atoms with Gasteiger partial charge in [0.15, 0.2) is 0 Å². The quantitative estimate of drug-likeness (QED) is 0.634. The highest BCUT2D eigenvalue weighted by Gasteiger charge is 2.42. The second-order valence-corrected chi connectivity index (χ2v) is 7.22. The smallest absolute Gasteiger partial charge is 0.312 e. The lowest BCUT2D eigenvalue weighted by molar-refractivity contribution is -0.160. The summed E-state index contributed by atoms with van der Waals surface area (Å²) in [4.78, 5) is 14.9. The Balaban J connectivity index is 1.84. The molecule has 0 radical (unpaired) electrons. The molecule has 0 unspecified atom stereocenters.